The maximum absolute atomic E-state index is 10.9. The second-order valence-corrected chi connectivity index (χ2v) is 5.09. The molecule has 0 radical (unpaired) electrons. The van der Waals surface area contributed by atoms with Crippen molar-refractivity contribution in [2.75, 3.05) is 26.9 Å². The van der Waals surface area contributed by atoms with E-state index in [1.807, 2.05) is 18.2 Å². The van der Waals surface area contributed by atoms with E-state index in [4.69, 9.17) is 15.2 Å². The second-order valence-electron chi connectivity index (χ2n) is 4.24. The Morgan fingerprint density at radius 1 is 1.45 bits per heavy atom. The van der Waals surface area contributed by atoms with Gasteiger partial charge < -0.3 is 19.9 Å². The maximum Gasteiger partial charge on any atom is 0.331 e. The lowest BCUT2D eigenvalue weighted by atomic mass is 10.1. The zero-order valence-electron chi connectivity index (χ0n) is 11.7. The van der Waals surface area contributed by atoms with E-state index >= 15 is 0 Å². The summed E-state index contributed by atoms with van der Waals surface area (Å²) in [5, 5.41) is 0. The molecule has 1 aromatic rings. The standard InChI is InChI=1S/C14H20BrNO4/c1-3-6-20-13-5-4-10(7-11(13)15)12(16)8-19-9-14(17)18-2/h4-5,7,12H,3,6,8-9,16H2,1-2H3. The van der Waals surface area contributed by atoms with Gasteiger partial charge in [-0.25, -0.2) is 4.79 Å². The highest BCUT2D eigenvalue weighted by Gasteiger charge is 2.10. The Morgan fingerprint density at radius 2 is 2.20 bits per heavy atom. The number of ether oxygens (including phenoxy) is 3. The quantitative estimate of drug-likeness (QED) is 0.732. The summed E-state index contributed by atoms with van der Waals surface area (Å²) >= 11 is 3.45. The van der Waals surface area contributed by atoms with Crippen LogP contribution in [-0.2, 0) is 14.3 Å². The molecule has 0 bridgehead atoms. The number of halogens is 1. The van der Waals surface area contributed by atoms with Crippen LogP contribution in [0.5, 0.6) is 5.75 Å². The van der Waals surface area contributed by atoms with E-state index in [-0.39, 0.29) is 19.3 Å². The van der Waals surface area contributed by atoms with Gasteiger partial charge in [0.1, 0.15) is 12.4 Å². The van der Waals surface area contributed by atoms with Crippen molar-refractivity contribution in [3.8, 4) is 5.75 Å². The molecular formula is C14H20BrNO4. The van der Waals surface area contributed by atoms with E-state index in [2.05, 4.69) is 27.6 Å². The lowest BCUT2D eigenvalue weighted by molar-refractivity contribution is -0.146. The predicted octanol–water partition coefficient (Wildman–Crippen LogP) is 2.43. The Balaban J connectivity index is 2.53. The van der Waals surface area contributed by atoms with Crippen molar-refractivity contribution in [1.82, 2.24) is 0 Å². The summed E-state index contributed by atoms with van der Waals surface area (Å²) in [5.41, 5.74) is 6.91. The van der Waals surface area contributed by atoms with Crippen molar-refractivity contribution in [1.29, 1.82) is 0 Å². The minimum atomic E-state index is -0.415. The minimum Gasteiger partial charge on any atom is -0.492 e. The lowest BCUT2D eigenvalue weighted by Crippen LogP contribution is -2.20. The molecule has 20 heavy (non-hydrogen) atoms. The number of hydrogen-bond acceptors (Lipinski definition) is 5. The molecule has 0 aromatic heterocycles. The first-order chi connectivity index (χ1) is 9.58. The third kappa shape index (κ3) is 5.48. The summed E-state index contributed by atoms with van der Waals surface area (Å²) in [6, 6.07) is 5.35. The molecule has 1 rings (SSSR count). The molecule has 0 saturated carbocycles. The van der Waals surface area contributed by atoms with Crippen LogP contribution in [-0.4, -0.2) is 32.9 Å². The van der Waals surface area contributed by atoms with E-state index in [0.29, 0.717) is 6.61 Å². The van der Waals surface area contributed by atoms with Gasteiger partial charge in [-0.1, -0.05) is 13.0 Å². The Morgan fingerprint density at radius 3 is 2.80 bits per heavy atom. The average molecular weight is 346 g/mol. The SMILES string of the molecule is CCCOc1ccc(C(N)COCC(=O)OC)cc1Br. The van der Waals surface area contributed by atoms with E-state index in [1.165, 1.54) is 7.11 Å². The molecule has 0 heterocycles. The summed E-state index contributed by atoms with van der Waals surface area (Å²) < 4.78 is 16.1. The molecule has 0 saturated heterocycles. The van der Waals surface area contributed by atoms with Gasteiger partial charge in [0, 0.05) is 0 Å². The van der Waals surface area contributed by atoms with E-state index < -0.39 is 5.97 Å². The number of nitrogens with two attached hydrogens (primary N) is 1. The molecule has 5 nitrogen and oxygen atoms in total. The number of methoxy groups -OCH3 is 1. The van der Waals surface area contributed by atoms with Gasteiger partial charge in [-0.15, -0.1) is 0 Å². The van der Waals surface area contributed by atoms with Crippen LogP contribution in [0.25, 0.3) is 0 Å². The zero-order chi connectivity index (χ0) is 15.0. The van der Waals surface area contributed by atoms with E-state index in [1.54, 1.807) is 0 Å². The Bertz CT molecular complexity index is 439. The molecule has 0 amide bonds. The molecule has 112 valence electrons. The fourth-order valence-electron chi connectivity index (χ4n) is 1.50. The van der Waals surface area contributed by atoms with Gasteiger partial charge >= 0.3 is 5.97 Å². The van der Waals surface area contributed by atoms with Crippen LogP contribution in [0, 0.1) is 0 Å². The molecule has 1 atom stereocenters. The van der Waals surface area contributed by atoms with E-state index in [9.17, 15) is 4.79 Å². The fourth-order valence-corrected chi connectivity index (χ4v) is 2.01. The average Bonchev–Trinajstić information content (AvgIpc) is 2.45. The molecule has 0 spiro atoms. The minimum absolute atomic E-state index is 0.0942. The summed E-state index contributed by atoms with van der Waals surface area (Å²) in [6.07, 6.45) is 0.953. The number of carbonyl (C=O) groups excluding carboxylic acids is 1. The third-order valence-corrected chi connectivity index (χ3v) is 3.21. The van der Waals surface area contributed by atoms with Gasteiger partial charge in [0.25, 0.3) is 0 Å². The van der Waals surface area contributed by atoms with Gasteiger partial charge in [-0.2, -0.15) is 0 Å². The van der Waals surface area contributed by atoms with Crippen LogP contribution in [0.1, 0.15) is 24.9 Å². The third-order valence-electron chi connectivity index (χ3n) is 2.59. The Kier molecular flexibility index (Phi) is 7.58. The summed E-state index contributed by atoms with van der Waals surface area (Å²) in [6.45, 7) is 2.88. The highest BCUT2D eigenvalue weighted by Crippen LogP contribution is 2.28. The topological polar surface area (TPSA) is 70.8 Å². The normalized spacial score (nSPS) is 12.0. The van der Waals surface area contributed by atoms with Crippen LogP contribution in [0.2, 0.25) is 0 Å². The first-order valence-corrected chi connectivity index (χ1v) is 7.20. The number of rotatable bonds is 8. The van der Waals surface area contributed by atoms with Crippen molar-refractivity contribution in [3.05, 3.63) is 28.2 Å². The number of benzene rings is 1. The van der Waals surface area contributed by atoms with Gasteiger partial charge in [-0.05, 0) is 40.0 Å². The van der Waals surface area contributed by atoms with Crippen molar-refractivity contribution >= 4 is 21.9 Å². The van der Waals surface area contributed by atoms with Crippen molar-refractivity contribution < 1.29 is 19.0 Å². The van der Waals surface area contributed by atoms with Gasteiger partial charge in [-0.3, -0.25) is 0 Å². The number of esters is 1. The first-order valence-electron chi connectivity index (χ1n) is 6.40. The van der Waals surface area contributed by atoms with E-state index in [0.717, 1.165) is 22.2 Å². The van der Waals surface area contributed by atoms with Crippen molar-refractivity contribution in [2.24, 2.45) is 5.73 Å². The van der Waals surface area contributed by atoms with Gasteiger partial charge in [0.05, 0.1) is 30.8 Å². The van der Waals surface area contributed by atoms with Crippen LogP contribution in [0.3, 0.4) is 0 Å². The maximum atomic E-state index is 10.9. The molecule has 0 aliphatic rings. The van der Waals surface area contributed by atoms with Crippen LogP contribution in [0.15, 0.2) is 22.7 Å². The van der Waals surface area contributed by atoms with Crippen molar-refractivity contribution in [3.63, 3.8) is 0 Å². The highest BCUT2D eigenvalue weighted by molar-refractivity contribution is 9.10. The predicted molar refractivity (Wildman–Crippen MR) is 79.7 cm³/mol. The largest absolute Gasteiger partial charge is 0.492 e. The zero-order valence-corrected chi connectivity index (χ0v) is 13.3. The second kappa shape index (κ2) is 8.94. The number of carbonyl (C=O) groups is 1. The molecule has 1 aromatic carbocycles. The van der Waals surface area contributed by atoms with Gasteiger partial charge in [0.2, 0.25) is 0 Å². The summed E-state index contributed by atoms with van der Waals surface area (Å²) in [4.78, 5) is 10.9. The highest BCUT2D eigenvalue weighted by atomic mass is 79.9. The Labute approximate surface area is 127 Å². The van der Waals surface area contributed by atoms with Crippen LogP contribution >= 0.6 is 15.9 Å². The molecule has 0 aliphatic carbocycles. The molecule has 6 heteroatoms. The molecule has 0 fully saturated rings. The number of hydrogen-bond donors (Lipinski definition) is 1. The van der Waals surface area contributed by atoms with Gasteiger partial charge in [0.15, 0.2) is 0 Å². The Hall–Kier alpha value is -1.11. The molecule has 2 N–H and O–H groups in total. The molecule has 1 unspecified atom stereocenters. The fraction of sp³-hybridized carbons (Fsp3) is 0.500. The van der Waals surface area contributed by atoms with Crippen molar-refractivity contribution in [2.45, 2.75) is 19.4 Å². The summed E-state index contributed by atoms with van der Waals surface area (Å²) in [7, 11) is 1.32. The monoisotopic (exact) mass is 345 g/mol. The van der Waals surface area contributed by atoms with Crippen LogP contribution < -0.4 is 10.5 Å². The first kappa shape index (κ1) is 16.9. The summed E-state index contributed by atoms with van der Waals surface area (Å²) in [5.74, 6) is 0.375. The lowest BCUT2D eigenvalue weighted by Gasteiger charge is -2.14. The molecule has 0 aliphatic heterocycles. The molecular weight excluding hydrogens is 326 g/mol. The smallest absolute Gasteiger partial charge is 0.331 e. The van der Waals surface area contributed by atoms with Crippen LogP contribution in [0.4, 0.5) is 0 Å².